The van der Waals surface area contributed by atoms with Crippen LogP contribution in [-0.4, -0.2) is 31.0 Å². The summed E-state index contributed by atoms with van der Waals surface area (Å²) in [5.41, 5.74) is 0. The van der Waals surface area contributed by atoms with Gasteiger partial charge in [-0.05, 0) is 20.8 Å². The van der Waals surface area contributed by atoms with Crippen LogP contribution in [0.15, 0.2) is 0 Å². The molecule has 2 N–H and O–H groups in total. The predicted octanol–water partition coefficient (Wildman–Crippen LogP) is 0.754. The third-order valence-electron chi connectivity index (χ3n) is 1.41. The lowest BCUT2D eigenvalue weighted by atomic mass is 10.3. The summed E-state index contributed by atoms with van der Waals surface area (Å²) in [6.45, 7) is 4.90. The lowest BCUT2D eigenvalue weighted by molar-refractivity contribution is -0.121. The van der Waals surface area contributed by atoms with Gasteiger partial charge in [0, 0.05) is 6.04 Å². The van der Waals surface area contributed by atoms with E-state index >= 15 is 0 Å². The molecule has 0 saturated carbocycles. The summed E-state index contributed by atoms with van der Waals surface area (Å²) in [4.78, 5) is 11.0. The van der Waals surface area contributed by atoms with E-state index in [2.05, 4.69) is 10.6 Å². The number of alkyl halides is 2. The Balaban J connectivity index is 3.58. The van der Waals surface area contributed by atoms with Gasteiger partial charge in [0.2, 0.25) is 5.91 Å². The molecule has 0 fully saturated rings. The van der Waals surface area contributed by atoms with E-state index in [0.717, 1.165) is 0 Å². The van der Waals surface area contributed by atoms with Crippen molar-refractivity contribution in [2.75, 3.05) is 6.54 Å². The molecule has 13 heavy (non-hydrogen) atoms. The van der Waals surface area contributed by atoms with E-state index < -0.39 is 12.5 Å². The topological polar surface area (TPSA) is 41.1 Å². The Kier molecular flexibility index (Phi) is 5.53. The van der Waals surface area contributed by atoms with Crippen LogP contribution in [0.1, 0.15) is 20.8 Å². The summed E-state index contributed by atoms with van der Waals surface area (Å²) in [6.07, 6.45) is -2.44. The zero-order valence-electron chi connectivity index (χ0n) is 8.10. The Morgan fingerprint density at radius 1 is 1.31 bits per heavy atom. The Morgan fingerprint density at radius 3 is 2.23 bits per heavy atom. The first-order chi connectivity index (χ1) is 5.93. The highest BCUT2D eigenvalue weighted by Crippen LogP contribution is 1.98. The molecule has 0 aromatic rings. The third-order valence-corrected chi connectivity index (χ3v) is 1.41. The van der Waals surface area contributed by atoms with E-state index in [1.54, 1.807) is 0 Å². The third kappa shape index (κ3) is 6.45. The number of hydrogen-bond acceptors (Lipinski definition) is 2. The quantitative estimate of drug-likeness (QED) is 0.678. The minimum atomic E-state index is -2.44. The number of hydrogen-bond donors (Lipinski definition) is 2. The second-order valence-electron chi connectivity index (χ2n) is 3.23. The molecule has 0 aliphatic heterocycles. The molecule has 1 unspecified atom stereocenters. The van der Waals surface area contributed by atoms with Gasteiger partial charge in [-0.25, -0.2) is 8.78 Å². The molecule has 1 atom stereocenters. The van der Waals surface area contributed by atoms with Crippen LogP contribution < -0.4 is 10.6 Å². The number of carbonyl (C=O) groups is 1. The van der Waals surface area contributed by atoms with Gasteiger partial charge in [0.1, 0.15) is 0 Å². The van der Waals surface area contributed by atoms with Gasteiger partial charge >= 0.3 is 0 Å². The van der Waals surface area contributed by atoms with Gasteiger partial charge < -0.3 is 10.6 Å². The number of amides is 1. The van der Waals surface area contributed by atoms with Crippen LogP contribution in [0.4, 0.5) is 8.78 Å². The molecule has 5 heteroatoms. The first kappa shape index (κ1) is 12.3. The second-order valence-corrected chi connectivity index (χ2v) is 3.23. The van der Waals surface area contributed by atoms with Crippen molar-refractivity contribution in [2.45, 2.75) is 39.3 Å². The standard InChI is InChI=1S/C8H16F2N2O/c1-5(2)12-7(13)4-11-6(3)8(9)10/h5-6,8,11H,4H2,1-3H3,(H,12,13). The Bertz CT molecular complexity index is 162. The Morgan fingerprint density at radius 2 is 1.85 bits per heavy atom. The van der Waals surface area contributed by atoms with Crippen molar-refractivity contribution in [3.63, 3.8) is 0 Å². The van der Waals surface area contributed by atoms with Crippen molar-refractivity contribution in [3.8, 4) is 0 Å². The van der Waals surface area contributed by atoms with Crippen molar-refractivity contribution in [3.05, 3.63) is 0 Å². The van der Waals surface area contributed by atoms with E-state index in [0.29, 0.717) is 0 Å². The molecule has 3 nitrogen and oxygen atoms in total. The summed E-state index contributed by atoms with van der Waals surface area (Å²) in [6, 6.07) is -0.908. The number of nitrogens with one attached hydrogen (secondary N) is 2. The van der Waals surface area contributed by atoms with Crippen LogP contribution in [0.2, 0.25) is 0 Å². The van der Waals surface area contributed by atoms with E-state index in [9.17, 15) is 13.6 Å². The lowest BCUT2D eigenvalue weighted by Gasteiger charge is -2.13. The summed E-state index contributed by atoms with van der Waals surface area (Å²) >= 11 is 0. The molecular formula is C8H16F2N2O. The minimum Gasteiger partial charge on any atom is -0.353 e. The molecule has 0 aromatic carbocycles. The van der Waals surface area contributed by atoms with E-state index in [1.165, 1.54) is 6.92 Å². The van der Waals surface area contributed by atoms with Crippen molar-refractivity contribution in [1.82, 2.24) is 10.6 Å². The van der Waals surface area contributed by atoms with Crippen LogP contribution in [0.25, 0.3) is 0 Å². The maximum absolute atomic E-state index is 11.9. The lowest BCUT2D eigenvalue weighted by Crippen LogP contribution is -2.42. The summed E-state index contributed by atoms with van der Waals surface area (Å²) in [5, 5.41) is 5.02. The fourth-order valence-electron chi connectivity index (χ4n) is 0.716. The molecule has 0 aromatic heterocycles. The molecule has 0 aliphatic carbocycles. The molecule has 78 valence electrons. The van der Waals surface area contributed by atoms with E-state index in [4.69, 9.17) is 0 Å². The maximum atomic E-state index is 11.9. The summed E-state index contributed by atoms with van der Waals surface area (Å²) in [7, 11) is 0. The molecule has 0 spiro atoms. The van der Waals surface area contributed by atoms with Gasteiger partial charge in [0.05, 0.1) is 12.6 Å². The molecule has 1 amide bonds. The first-order valence-electron chi connectivity index (χ1n) is 4.24. The van der Waals surface area contributed by atoms with Crippen molar-refractivity contribution in [1.29, 1.82) is 0 Å². The smallest absolute Gasteiger partial charge is 0.253 e. The minimum absolute atomic E-state index is 0.0381. The fourth-order valence-corrected chi connectivity index (χ4v) is 0.716. The van der Waals surface area contributed by atoms with Gasteiger partial charge in [0.15, 0.2) is 0 Å². The van der Waals surface area contributed by atoms with Crippen LogP contribution >= 0.6 is 0 Å². The van der Waals surface area contributed by atoms with Gasteiger partial charge in [-0.2, -0.15) is 0 Å². The van der Waals surface area contributed by atoms with Crippen molar-refractivity contribution < 1.29 is 13.6 Å². The Hall–Kier alpha value is -0.710. The SMILES string of the molecule is CC(C)NC(=O)CNC(C)C(F)F. The largest absolute Gasteiger partial charge is 0.353 e. The van der Waals surface area contributed by atoms with Gasteiger partial charge in [-0.1, -0.05) is 0 Å². The highest BCUT2D eigenvalue weighted by molar-refractivity contribution is 5.78. The average Bonchev–Trinajstić information content (AvgIpc) is 1.98. The van der Waals surface area contributed by atoms with Crippen LogP contribution in [0.5, 0.6) is 0 Å². The van der Waals surface area contributed by atoms with Crippen molar-refractivity contribution >= 4 is 5.91 Å². The predicted molar refractivity (Wildman–Crippen MR) is 46.7 cm³/mol. The van der Waals surface area contributed by atoms with Gasteiger partial charge in [-0.15, -0.1) is 0 Å². The highest BCUT2D eigenvalue weighted by Gasteiger charge is 2.14. The average molecular weight is 194 g/mol. The number of rotatable bonds is 5. The molecule has 0 saturated heterocycles. The number of carbonyl (C=O) groups excluding carboxylic acids is 1. The monoisotopic (exact) mass is 194 g/mol. The summed E-state index contributed by atoms with van der Waals surface area (Å²) < 4.78 is 23.9. The van der Waals surface area contributed by atoms with Crippen LogP contribution in [0, 0.1) is 0 Å². The highest BCUT2D eigenvalue weighted by atomic mass is 19.3. The van der Waals surface area contributed by atoms with Crippen LogP contribution in [0.3, 0.4) is 0 Å². The molecule has 0 aliphatic rings. The molecule has 0 radical (unpaired) electrons. The summed E-state index contributed by atoms with van der Waals surface area (Å²) in [5.74, 6) is -0.262. The van der Waals surface area contributed by atoms with E-state index in [1.807, 2.05) is 13.8 Å². The Labute approximate surface area is 76.9 Å². The van der Waals surface area contributed by atoms with Crippen LogP contribution in [-0.2, 0) is 4.79 Å². The molecule has 0 heterocycles. The van der Waals surface area contributed by atoms with Crippen molar-refractivity contribution in [2.24, 2.45) is 0 Å². The molecule has 0 bridgehead atoms. The maximum Gasteiger partial charge on any atom is 0.253 e. The number of halogens is 2. The molecule has 0 rings (SSSR count). The first-order valence-corrected chi connectivity index (χ1v) is 4.24. The normalized spacial score (nSPS) is 13.5. The zero-order valence-corrected chi connectivity index (χ0v) is 8.10. The van der Waals surface area contributed by atoms with Gasteiger partial charge in [-0.3, -0.25) is 4.79 Å². The van der Waals surface area contributed by atoms with Gasteiger partial charge in [0.25, 0.3) is 6.43 Å². The fraction of sp³-hybridized carbons (Fsp3) is 0.875. The van der Waals surface area contributed by atoms with E-state index in [-0.39, 0.29) is 18.5 Å². The zero-order chi connectivity index (χ0) is 10.4. The molecular weight excluding hydrogens is 178 g/mol. The second kappa shape index (κ2) is 5.85.